The van der Waals surface area contributed by atoms with Gasteiger partial charge in [0.15, 0.2) is 5.96 Å². The first-order valence-electron chi connectivity index (χ1n) is 7.63. The van der Waals surface area contributed by atoms with E-state index in [0.29, 0.717) is 12.5 Å². The van der Waals surface area contributed by atoms with Crippen LogP contribution in [0.15, 0.2) is 21.3 Å². The Balaban J connectivity index is 1.63. The van der Waals surface area contributed by atoms with Crippen molar-refractivity contribution in [3.05, 3.63) is 17.0 Å². The summed E-state index contributed by atoms with van der Waals surface area (Å²) in [6, 6.07) is 3.26. The molecule has 1 aliphatic carbocycles. The van der Waals surface area contributed by atoms with Crippen molar-refractivity contribution >= 4 is 27.3 Å². The van der Waals surface area contributed by atoms with Gasteiger partial charge in [-0.15, -0.1) is 11.3 Å². The van der Waals surface area contributed by atoms with Crippen molar-refractivity contribution in [3.8, 4) is 0 Å². The Morgan fingerprint density at radius 2 is 2.22 bits per heavy atom. The summed E-state index contributed by atoms with van der Waals surface area (Å²) in [4.78, 5) is 5.01. The van der Waals surface area contributed by atoms with Crippen LogP contribution in [-0.2, 0) is 21.3 Å². The van der Waals surface area contributed by atoms with E-state index < -0.39 is 10.0 Å². The summed E-state index contributed by atoms with van der Waals surface area (Å²) in [5, 5.41) is 11.4. The molecule has 0 aliphatic heterocycles. The van der Waals surface area contributed by atoms with E-state index in [0.717, 1.165) is 48.3 Å². The highest BCUT2D eigenvalue weighted by molar-refractivity contribution is 7.91. The SMILES string of the molecule is CN=C(NCCCOCC1CC1)NCc1ccc(S(N)(=O)=O)s1. The molecule has 0 radical (unpaired) electrons. The predicted octanol–water partition coefficient (Wildman–Crippen LogP) is 0.877. The van der Waals surface area contributed by atoms with Crippen molar-refractivity contribution in [1.82, 2.24) is 10.6 Å². The summed E-state index contributed by atoms with van der Waals surface area (Å²) < 4.78 is 28.2. The van der Waals surface area contributed by atoms with Crippen molar-refractivity contribution in [1.29, 1.82) is 0 Å². The van der Waals surface area contributed by atoms with E-state index in [1.807, 2.05) is 0 Å². The van der Waals surface area contributed by atoms with Gasteiger partial charge in [-0.3, -0.25) is 4.99 Å². The second-order valence-corrected chi connectivity index (χ2v) is 8.45. The van der Waals surface area contributed by atoms with Crippen LogP contribution in [-0.4, -0.2) is 41.2 Å². The maximum absolute atomic E-state index is 11.2. The number of aliphatic imine (C=N–C) groups is 1. The zero-order chi connectivity index (χ0) is 16.7. The molecule has 0 saturated heterocycles. The zero-order valence-corrected chi connectivity index (χ0v) is 14.9. The van der Waals surface area contributed by atoms with Crippen LogP contribution in [0.25, 0.3) is 0 Å². The monoisotopic (exact) mass is 360 g/mol. The van der Waals surface area contributed by atoms with Crippen LogP contribution >= 0.6 is 11.3 Å². The molecule has 0 atom stereocenters. The standard InChI is InChI=1S/C14H24N4O3S2/c1-16-14(17-7-2-8-21-10-11-3-4-11)18-9-12-5-6-13(22-12)23(15,19)20/h5-6,11H,2-4,7-10H2,1H3,(H2,15,19,20)(H2,16,17,18). The number of hydrogen-bond acceptors (Lipinski definition) is 5. The Hall–Kier alpha value is -1.16. The summed E-state index contributed by atoms with van der Waals surface area (Å²) in [7, 11) is -1.92. The van der Waals surface area contributed by atoms with Crippen molar-refractivity contribution in [2.45, 2.75) is 30.0 Å². The Bertz CT molecular complexity index is 624. The van der Waals surface area contributed by atoms with Crippen LogP contribution in [0.3, 0.4) is 0 Å². The third-order valence-electron chi connectivity index (χ3n) is 3.38. The minimum absolute atomic E-state index is 0.171. The number of ether oxygens (including phenoxy) is 1. The molecule has 4 N–H and O–H groups in total. The molecule has 0 spiro atoms. The Kier molecular flexibility index (Phi) is 6.82. The van der Waals surface area contributed by atoms with Gasteiger partial charge in [0.25, 0.3) is 0 Å². The maximum atomic E-state index is 11.2. The van der Waals surface area contributed by atoms with Gasteiger partial charge in [0.1, 0.15) is 4.21 Å². The van der Waals surface area contributed by atoms with Gasteiger partial charge >= 0.3 is 0 Å². The molecule has 0 aromatic carbocycles. The van der Waals surface area contributed by atoms with Crippen molar-refractivity contribution < 1.29 is 13.2 Å². The second-order valence-electron chi connectivity index (χ2n) is 5.49. The van der Waals surface area contributed by atoms with Crippen molar-refractivity contribution in [2.24, 2.45) is 16.0 Å². The first-order chi connectivity index (χ1) is 11.0. The summed E-state index contributed by atoms with van der Waals surface area (Å²) in [5.74, 6) is 1.48. The molecule has 2 rings (SSSR count). The van der Waals surface area contributed by atoms with Gasteiger partial charge in [-0.2, -0.15) is 0 Å². The molecule has 0 unspecified atom stereocenters. The molecule has 23 heavy (non-hydrogen) atoms. The van der Waals surface area contributed by atoms with Gasteiger partial charge in [-0.05, 0) is 37.3 Å². The molecule has 1 saturated carbocycles. The van der Waals surface area contributed by atoms with Crippen LogP contribution in [0, 0.1) is 5.92 Å². The fourth-order valence-corrected chi connectivity index (χ4v) is 3.63. The number of thiophene rings is 1. The Morgan fingerprint density at radius 3 is 2.83 bits per heavy atom. The number of nitrogens with one attached hydrogen (secondary N) is 2. The van der Waals surface area contributed by atoms with E-state index >= 15 is 0 Å². The molecule has 1 aliphatic rings. The lowest BCUT2D eigenvalue weighted by atomic mass is 10.4. The topological polar surface area (TPSA) is 106 Å². The normalized spacial score (nSPS) is 15.7. The number of nitrogens with zero attached hydrogens (tertiary/aromatic N) is 1. The molecule has 7 nitrogen and oxygen atoms in total. The summed E-state index contributed by atoms with van der Waals surface area (Å²) in [6.45, 7) is 2.91. The fourth-order valence-electron chi connectivity index (χ4n) is 1.91. The van der Waals surface area contributed by atoms with Crippen molar-refractivity contribution in [3.63, 3.8) is 0 Å². The lowest BCUT2D eigenvalue weighted by molar-refractivity contribution is 0.123. The highest BCUT2D eigenvalue weighted by Gasteiger charge is 2.20. The third kappa shape index (κ3) is 6.86. The number of nitrogens with two attached hydrogens (primary N) is 1. The number of primary sulfonamides is 1. The summed E-state index contributed by atoms with van der Waals surface area (Å²) >= 11 is 1.16. The van der Waals surface area contributed by atoms with Gasteiger partial charge < -0.3 is 15.4 Å². The van der Waals surface area contributed by atoms with Gasteiger partial charge in [0.05, 0.1) is 6.54 Å². The van der Waals surface area contributed by atoms with Crippen molar-refractivity contribution in [2.75, 3.05) is 26.8 Å². The van der Waals surface area contributed by atoms with Crippen LogP contribution in [0.5, 0.6) is 0 Å². The molecular weight excluding hydrogens is 336 g/mol. The van der Waals surface area contributed by atoms with Gasteiger partial charge in [-0.25, -0.2) is 13.6 Å². The predicted molar refractivity (Wildman–Crippen MR) is 92.1 cm³/mol. The van der Waals surface area contributed by atoms with E-state index in [9.17, 15) is 8.42 Å². The average Bonchev–Trinajstić information content (AvgIpc) is 3.19. The summed E-state index contributed by atoms with van der Waals surface area (Å²) in [5.41, 5.74) is 0. The van der Waals surface area contributed by atoms with E-state index in [1.165, 1.54) is 18.9 Å². The molecular formula is C14H24N4O3S2. The highest BCUT2D eigenvalue weighted by atomic mass is 32.2. The summed E-state index contributed by atoms with van der Waals surface area (Å²) in [6.07, 6.45) is 3.54. The Labute approximate surface area is 141 Å². The minimum atomic E-state index is -3.62. The highest BCUT2D eigenvalue weighted by Crippen LogP contribution is 2.28. The van der Waals surface area contributed by atoms with Crippen LogP contribution in [0.4, 0.5) is 0 Å². The fraction of sp³-hybridized carbons (Fsp3) is 0.643. The molecule has 1 heterocycles. The quantitative estimate of drug-likeness (QED) is 0.344. The van der Waals surface area contributed by atoms with Gasteiger partial charge in [0, 0.05) is 31.7 Å². The maximum Gasteiger partial charge on any atom is 0.247 e. The molecule has 1 aromatic heterocycles. The van der Waals surface area contributed by atoms with Gasteiger partial charge in [0.2, 0.25) is 10.0 Å². The molecule has 1 aromatic rings. The van der Waals surface area contributed by atoms with E-state index in [2.05, 4.69) is 15.6 Å². The average molecular weight is 361 g/mol. The largest absolute Gasteiger partial charge is 0.381 e. The molecule has 9 heteroatoms. The Morgan fingerprint density at radius 1 is 1.43 bits per heavy atom. The minimum Gasteiger partial charge on any atom is -0.381 e. The first kappa shape index (κ1) is 18.2. The molecule has 0 bridgehead atoms. The smallest absolute Gasteiger partial charge is 0.247 e. The number of hydrogen-bond donors (Lipinski definition) is 3. The number of sulfonamides is 1. The van der Waals surface area contributed by atoms with Crippen LogP contribution < -0.4 is 15.8 Å². The van der Waals surface area contributed by atoms with Crippen LogP contribution in [0.2, 0.25) is 0 Å². The van der Waals surface area contributed by atoms with Gasteiger partial charge in [-0.1, -0.05) is 0 Å². The molecule has 1 fully saturated rings. The number of rotatable bonds is 9. The molecule has 0 amide bonds. The lowest BCUT2D eigenvalue weighted by Crippen LogP contribution is -2.37. The lowest BCUT2D eigenvalue weighted by Gasteiger charge is -2.11. The molecule has 130 valence electrons. The second kappa shape index (κ2) is 8.62. The van der Waals surface area contributed by atoms with E-state index in [1.54, 1.807) is 13.1 Å². The zero-order valence-electron chi connectivity index (χ0n) is 13.2. The van der Waals surface area contributed by atoms with E-state index in [-0.39, 0.29) is 4.21 Å². The first-order valence-corrected chi connectivity index (χ1v) is 9.99. The number of guanidine groups is 1. The third-order valence-corrected chi connectivity index (χ3v) is 5.90. The van der Waals surface area contributed by atoms with Crippen LogP contribution in [0.1, 0.15) is 24.1 Å². The van der Waals surface area contributed by atoms with E-state index in [4.69, 9.17) is 9.88 Å².